The summed E-state index contributed by atoms with van der Waals surface area (Å²) in [6.07, 6.45) is 1.52. The highest BCUT2D eigenvalue weighted by Crippen LogP contribution is 2.28. The molecule has 0 radical (unpaired) electrons. The number of benzene rings is 2. The summed E-state index contributed by atoms with van der Waals surface area (Å²) in [7, 11) is 0. The molecule has 0 aliphatic carbocycles. The number of rotatable bonds is 4. The van der Waals surface area contributed by atoms with Gasteiger partial charge in [-0.15, -0.1) is 0 Å². The summed E-state index contributed by atoms with van der Waals surface area (Å²) in [4.78, 5) is 27.6. The highest BCUT2D eigenvalue weighted by Gasteiger charge is 2.27. The molecule has 0 saturated carbocycles. The van der Waals surface area contributed by atoms with Crippen LogP contribution in [0.15, 0.2) is 54.7 Å². The van der Waals surface area contributed by atoms with Crippen molar-refractivity contribution < 1.29 is 14.1 Å². The van der Waals surface area contributed by atoms with E-state index in [0.717, 1.165) is 0 Å². The van der Waals surface area contributed by atoms with E-state index in [4.69, 9.17) is 0 Å². The molecular weight excluding hydrogens is 389 g/mol. The molecule has 154 valence electrons. The molecule has 0 spiro atoms. The Morgan fingerprint density at radius 3 is 2.40 bits per heavy atom. The number of carbonyl (C=O) groups is 1. The van der Waals surface area contributed by atoms with E-state index in [-0.39, 0.29) is 22.3 Å². The molecule has 0 N–H and O–H groups in total. The summed E-state index contributed by atoms with van der Waals surface area (Å²) in [6.45, 7) is 3.70. The maximum absolute atomic E-state index is 13.2. The Morgan fingerprint density at radius 1 is 1.07 bits per heavy atom. The molecule has 1 saturated heterocycles. The molecule has 9 heteroatoms. The maximum Gasteiger partial charge on any atom is 0.292 e. The standard InChI is InChI=1S/C21H20FN5O3/c1-15-18(14-23-26(15)17-8-6-16(22)7-9-17)21(28)25-12-10-24(11-13-25)19-4-2-3-5-20(19)27(29)30/h2-9,14H,10-13H2,1H3. The van der Waals surface area contributed by atoms with Crippen molar-refractivity contribution in [2.75, 3.05) is 31.1 Å². The van der Waals surface area contributed by atoms with Crippen LogP contribution in [-0.2, 0) is 0 Å². The molecule has 3 aromatic rings. The van der Waals surface area contributed by atoms with Gasteiger partial charge in [-0.1, -0.05) is 12.1 Å². The third-order valence-electron chi connectivity index (χ3n) is 5.30. The van der Waals surface area contributed by atoms with E-state index < -0.39 is 0 Å². The third kappa shape index (κ3) is 3.61. The first-order chi connectivity index (χ1) is 14.5. The fourth-order valence-corrected chi connectivity index (χ4v) is 3.67. The Balaban J connectivity index is 1.48. The Morgan fingerprint density at radius 2 is 1.73 bits per heavy atom. The number of carbonyl (C=O) groups excluding carboxylic acids is 1. The lowest BCUT2D eigenvalue weighted by Crippen LogP contribution is -2.49. The lowest BCUT2D eigenvalue weighted by atomic mass is 10.2. The number of hydrogen-bond acceptors (Lipinski definition) is 5. The first-order valence-electron chi connectivity index (χ1n) is 9.54. The fourth-order valence-electron chi connectivity index (χ4n) is 3.67. The maximum atomic E-state index is 13.2. The average Bonchev–Trinajstić information content (AvgIpc) is 3.15. The Hall–Kier alpha value is -3.75. The molecule has 30 heavy (non-hydrogen) atoms. The lowest BCUT2D eigenvalue weighted by Gasteiger charge is -2.35. The normalized spacial score (nSPS) is 14.1. The molecule has 0 unspecified atom stereocenters. The SMILES string of the molecule is Cc1c(C(=O)N2CCN(c3ccccc3[N+](=O)[O-])CC2)cnn1-c1ccc(F)cc1. The summed E-state index contributed by atoms with van der Waals surface area (Å²) in [5, 5.41) is 15.6. The first kappa shape index (κ1) is 19.6. The zero-order valence-electron chi connectivity index (χ0n) is 16.4. The van der Waals surface area contributed by atoms with E-state index in [0.29, 0.717) is 48.8 Å². The van der Waals surface area contributed by atoms with E-state index in [1.807, 2.05) is 4.90 Å². The monoisotopic (exact) mass is 409 g/mol. The minimum atomic E-state index is -0.389. The van der Waals surface area contributed by atoms with Gasteiger partial charge >= 0.3 is 0 Å². The number of nitro benzene ring substituents is 1. The lowest BCUT2D eigenvalue weighted by molar-refractivity contribution is -0.384. The highest BCUT2D eigenvalue weighted by atomic mass is 19.1. The van der Waals surface area contributed by atoms with Crippen LogP contribution in [-0.4, -0.2) is 51.7 Å². The summed E-state index contributed by atoms with van der Waals surface area (Å²) >= 11 is 0. The number of hydrogen-bond donors (Lipinski definition) is 0. The molecule has 1 amide bonds. The second-order valence-electron chi connectivity index (χ2n) is 7.06. The van der Waals surface area contributed by atoms with Crippen LogP contribution in [0.2, 0.25) is 0 Å². The number of halogens is 1. The second-order valence-corrected chi connectivity index (χ2v) is 7.06. The summed E-state index contributed by atoms with van der Waals surface area (Å²) in [5.74, 6) is -0.473. The molecular formula is C21H20FN5O3. The summed E-state index contributed by atoms with van der Waals surface area (Å²) in [6, 6.07) is 12.5. The third-order valence-corrected chi connectivity index (χ3v) is 5.30. The number of nitrogens with zero attached hydrogens (tertiary/aromatic N) is 5. The van der Waals surface area contributed by atoms with Crippen LogP contribution in [0, 0.1) is 22.9 Å². The first-order valence-corrected chi connectivity index (χ1v) is 9.54. The molecule has 1 fully saturated rings. The minimum Gasteiger partial charge on any atom is -0.362 e. The molecule has 2 heterocycles. The largest absolute Gasteiger partial charge is 0.362 e. The zero-order chi connectivity index (χ0) is 21.3. The van der Waals surface area contributed by atoms with Crippen molar-refractivity contribution in [3.05, 3.63) is 81.9 Å². The van der Waals surface area contributed by atoms with Gasteiger partial charge in [0.15, 0.2) is 0 Å². The molecule has 1 aromatic heterocycles. The van der Waals surface area contributed by atoms with E-state index in [1.165, 1.54) is 24.4 Å². The number of aromatic nitrogens is 2. The van der Waals surface area contributed by atoms with Gasteiger partial charge in [0.1, 0.15) is 11.5 Å². The van der Waals surface area contributed by atoms with Gasteiger partial charge in [0.25, 0.3) is 11.6 Å². The number of piperazine rings is 1. The van der Waals surface area contributed by atoms with Crippen molar-refractivity contribution in [3.8, 4) is 5.69 Å². The Kier molecular flexibility index (Phi) is 5.18. The van der Waals surface area contributed by atoms with Gasteiger partial charge in [-0.05, 0) is 37.3 Å². The minimum absolute atomic E-state index is 0.0636. The van der Waals surface area contributed by atoms with Crippen LogP contribution in [0.5, 0.6) is 0 Å². The van der Waals surface area contributed by atoms with Crippen molar-refractivity contribution in [2.45, 2.75) is 6.92 Å². The van der Waals surface area contributed by atoms with E-state index in [9.17, 15) is 19.3 Å². The van der Waals surface area contributed by atoms with Crippen molar-refractivity contribution in [1.29, 1.82) is 0 Å². The fraction of sp³-hybridized carbons (Fsp3) is 0.238. The predicted molar refractivity (Wildman–Crippen MR) is 109 cm³/mol. The zero-order valence-corrected chi connectivity index (χ0v) is 16.4. The van der Waals surface area contributed by atoms with E-state index >= 15 is 0 Å². The Labute approximate surface area is 172 Å². The molecule has 8 nitrogen and oxygen atoms in total. The van der Waals surface area contributed by atoms with E-state index in [1.54, 1.807) is 46.8 Å². The van der Waals surface area contributed by atoms with Crippen LogP contribution in [0.3, 0.4) is 0 Å². The topological polar surface area (TPSA) is 84.5 Å². The van der Waals surface area contributed by atoms with Gasteiger partial charge in [-0.2, -0.15) is 5.10 Å². The van der Waals surface area contributed by atoms with Gasteiger partial charge in [-0.25, -0.2) is 9.07 Å². The number of para-hydroxylation sites is 2. The van der Waals surface area contributed by atoms with Crippen LogP contribution < -0.4 is 4.90 Å². The van der Waals surface area contributed by atoms with E-state index in [2.05, 4.69) is 5.10 Å². The second kappa shape index (κ2) is 7.94. The van der Waals surface area contributed by atoms with Crippen molar-refractivity contribution in [2.24, 2.45) is 0 Å². The number of amides is 1. The molecule has 1 aliphatic heterocycles. The van der Waals surface area contributed by atoms with Crippen molar-refractivity contribution in [3.63, 3.8) is 0 Å². The smallest absolute Gasteiger partial charge is 0.292 e. The number of anilines is 1. The van der Waals surface area contributed by atoms with Gasteiger partial charge in [0.05, 0.1) is 28.1 Å². The summed E-state index contributed by atoms with van der Waals surface area (Å²) < 4.78 is 14.8. The molecule has 2 aromatic carbocycles. The molecule has 0 atom stereocenters. The quantitative estimate of drug-likeness (QED) is 0.488. The van der Waals surface area contributed by atoms with Crippen LogP contribution in [0.4, 0.5) is 15.8 Å². The number of nitro groups is 1. The van der Waals surface area contributed by atoms with Gasteiger partial charge in [0.2, 0.25) is 0 Å². The van der Waals surface area contributed by atoms with Gasteiger partial charge < -0.3 is 9.80 Å². The van der Waals surface area contributed by atoms with Crippen molar-refractivity contribution in [1.82, 2.24) is 14.7 Å². The molecule has 1 aliphatic rings. The molecule has 4 rings (SSSR count). The van der Waals surface area contributed by atoms with Crippen LogP contribution >= 0.6 is 0 Å². The highest BCUT2D eigenvalue weighted by molar-refractivity contribution is 5.95. The van der Waals surface area contributed by atoms with Gasteiger partial charge in [-0.3, -0.25) is 14.9 Å². The van der Waals surface area contributed by atoms with Gasteiger partial charge in [0, 0.05) is 32.2 Å². The van der Waals surface area contributed by atoms with Crippen LogP contribution in [0.1, 0.15) is 16.1 Å². The average molecular weight is 409 g/mol. The van der Waals surface area contributed by atoms with Crippen LogP contribution in [0.25, 0.3) is 5.69 Å². The Bertz CT molecular complexity index is 1090. The molecule has 0 bridgehead atoms. The predicted octanol–water partition coefficient (Wildman–Crippen LogP) is 3.19. The summed E-state index contributed by atoms with van der Waals surface area (Å²) in [5.41, 5.74) is 2.46. The van der Waals surface area contributed by atoms with Crippen molar-refractivity contribution >= 4 is 17.3 Å².